The third-order valence-electron chi connectivity index (χ3n) is 4.10. The van der Waals surface area contributed by atoms with Gasteiger partial charge in [0.2, 0.25) is 5.91 Å². The number of benzene rings is 2. The maximum Gasteiger partial charge on any atom is 0.251 e. The summed E-state index contributed by atoms with van der Waals surface area (Å²) < 4.78 is 41.4. The van der Waals surface area contributed by atoms with Gasteiger partial charge in [-0.1, -0.05) is 0 Å². The minimum absolute atomic E-state index is 0.307. The van der Waals surface area contributed by atoms with E-state index in [4.69, 9.17) is 0 Å². The monoisotopic (exact) mass is 402 g/mol. The molecule has 3 aromatic rings. The van der Waals surface area contributed by atoms with Gasteiger partial charge in [-0.2, -0.15) is 5.10 Å². The normalized spacial score (nSPS) is 10.7. The van der Waals surface area contributed by atoms with Crippen molar-refractivity contribution >= 4 is 17.5 Å². The minimum Gasteiger partial charge on any atom is -0.343 e. The number of carbonyl (C=O) groups excluding carboxylic acids is 2. The largest absolute Gasteiger partial charge is 0.343 e. The molecule has 2 amide bonds. The number of carbonyl (C=O) groups is 2. The molecule has 9 heteroatoms. The lowest BCUT2D eigenvalue weighted by atomic mass is 10.2. The van der Waals surface area contributed by atoms with Gasteiger partial charge in [-0.3, -0.25) is 9.59 Å². The number of amides is 2. The maximum absolute atomic E-state index is 13.6. The molecule has 1 heterocycles. The summed E-state index contributed by atoms with van der Waals surface area (Å²) in [4.78, 5) is 24.0. The Hall–Kier alpha value is -3.62. The van der Waals surface area contributed by atoms with E-state index in [-0.39, 0.29) is 0 Å². The molecule has 0 bridgehead atoms. The molecular weight excluding hydrogens is 385 g/mol. The van der Waals surface area contributed by atoms with E-state index in [2.05, 4.69) is 15.7 Å². The molecule has 0 fully saturated rings. The molecule has 0 aliphatic heterocycles. The molecule has 0 atom stereocenters. The molecule has 0 unspecified atom stereocenters. The highest BCUT2D eigenvalue weighted by molar-refractivity contribution is 5.99. The number of aromatic nitrogens is 2. The Morgan fingerprint density at radius 1 is 1.00 bits per heavy atom. The van der Waals surface area contributed by atoms with Crippen molar-refractivity contribution in [3.8, 4) is 5.69 Å². The summed E-state index contributed by atoms with van der Waals surface area (Å²) in [6, 6.07) is 10.1. The summed E-state index contributed by atoms with van der Waals surface area (Å²) in [7, 11) is 0. The smallest absolute Gasteiger partial charge is 0.251 e. The Morgan fingerprint density at radius 3 is 2.31 bits per heavy atom. The average Bonchev–Trinajstić information content (AvgIpc) is 3.04. The van der Waals surface area contributed by atoms with Crippen LogP contribution in [0.3, 0.4) is 0 Å². The van der Waals surface area contributed by atoms with Crippen molar-refractivity contribution in [2.45, 2.75) is 13.8 Å². The Labute approximate surface area is 164 Å². The van der Waals surface area contributed by atoms with E-state index >= 15 is 0 Å². The molecule has 3 rings (SSSR count). The average molecular weight is 402 g/mol. The molecule has 1 aromatic heterocycles. The second kappa shape index (κ2) is 8.17. The van der Waals surface area contributed by atoms with Crippen LogP contribution in [0.15, 0.2) is 42.5 Å². The first-order chi connectivity index (χ1) is 13.8. The van der Waals surface area contributed by atoms with Crippen molar-refractivity contribution in [1.29, 1.82) is 0 Å². The first-order valence-electron chi connectivity index (χ1n) is 8.61. The number of nitrogens with one attached hydrogen (secondary N) is 2. The van der Waals surface area contributed by atoms with Crippen molar-refractivity contribution in [2.75, 3.05) is 11.9 Å². The highest BCUT2D eigenvalue weighted by Crippen LogP contribution is 2.19. The number of aryl methyl sites for hydroxylation is 2. The number of halogens is 3. The number of anilines is 1. The van der Waals surface area contributed by atoms with Crippen molar-refractivity contribution in [3.63, 3.8) is 0 Å². The van der Waals surface area contributed by atoms with E-state index in [0.717, 1.165) is 23.1 Å². The highest BCUT2D eigenvalue weighted by Gasteiger charge is 2.16. The topological polar surface area (TPSA) is 76.0 Å². The zero-order valence-corrected chi connectivity index (χ0v) is 15.6. The van der Waals surface area contributed by atoms with Gasteiger partial charge in [0.05, 0.1) is 23.6 Å². The number of nitrogens with zero attached hydrogens (tertiary/aromatic N) is 2. The fraction of sp³-hybridized carbons (Fsp3) is 0.150. The van der Waals surface area contributed by atoms with Gasteiger partial charge in [-0.25, -0.2) is 17.9 Å². The zero-order valence-electron chi connectivity index (χ0n) is 15.6. The van der Waals surface area contributed by atoms with Gasteiger partial charge in [0.1, 0.15) is 0 Å². The first kappa shape index (κ1) is 20.1. The molecular formula is C20H17F3N4O2. The summed E-state index contributed by atoms with van der Waals surface area (Å²) in [6.45, 7) is 3.31. The van der Waals surface area contributed by atoms with Crippen LogP contribution in [0.5, 0.6) is 0 Å². The Balaban J connectivity index is 1.60. The van der Waals surface area contributed by atoms with E-state index < -0.39 is 41.5 Å². The maximum atomic E-state index is 13.6. The van der Waals surface area contributed by atoms with Crippen LogP contribution in [0, 0.1) is 31.3 Å². The van der Waals surface area contributed by atoms with E-state index in [1.807, 2.05) is 19.9 Å². The third-order valence-corrected chi connectivity index (χ3v) is 4.10. The summed E-state index contributed by atoms with van der Waals surface area (Å²) >= 11 is 0. The van der Waals surface area contributed by atoms with Crippen molar-refractivity contribution in [2.24, 2.45) is 0 Å². The number of hydrogen-bond donors (Lipinski definition) is 2. The molecule has 2 aromatic carbocycles. The van der Waals surface area contributed by atoms with Gasteiger partial charge in [-0.05, 0) is 56.3 Å². The quantitative estimate of drug-likeness (QED) is 0.643. The molecule has 0 aliphatic rings. The fourth-order valence-electron chi connectivity index (χ4n) is 2.72. The summed E-state index contributed by atoms with van der Waals surface area (Å²) in [5.74, 6) is -5.87. The van der Waals surface area contributed by atoms with Crippen LogP contribution in [0.4, 0.5) is 18.9 Å². The number of hydrogen-bond acceptors (Lipinski definition) is 3. The van der Waals surface area contributed by atoms with Gasteiger partial charge >= 0.3 is 0 Å². The van der Waals surface area contributed by atoms with Gasteiger partial charge in [0.15, 0.2) is 17.5 Å². The Bertz CT molecular complexity index is 1080. The molecule has 0 spiro atoms. The van der Waals surface area contributed by atoms with Crippen molar-refractivity contribution in [1.82, 2.24) is 15.1 Å². The van der Waals surface area contributed by atoms with Crippen molar-refractivity contribution < 1.29 is 22.8 Å². The summed E-state index contributed by atoms with van der Waals surface area (Å²) in [5.41, 5.74) is 2.38. The summed E-state index contributed by atoms with van der Waals surface area (Å²) in [5, 5.41) is 8.81. The molecule has 29 heavy (non-hydrogen) atoms. The predicted molar refractivity (Wildman–Crippen MR) is 100 cm³/mol. The van der Waals surface area contributed by atoms with E-state index in [1.165, 1.54) is 0 Å². The van der Waals surface area contributed by atoms with Crippen LogP contribution < -0.4 is 10.6 Å². The molecule has 6 nitrogen and oxygen atoms in total. The van der Waals surface area contributed by atoms with Crippen LogP contribution in [-0.2, 0) is 4.79 Å². The second-order valence-corrected chi connectivity index (χ2v) is 6.34. The van der Waals surface area contributed by atoms with E-state index in [0.29, 0.717) is 11.6 Å². The van der Waals surface area contributed by atoms with Crippen LogP contribution in [0.2, 0.25) is 0 Å². The van der Waals surface area contributed by atoms with Gasteiger partial charge in [0, 0.05) is 11.3 Å². The molecule has 0 saturated heterocycles. The minimum atomic E-state index is -1.69. The lowest BCUT2D eigenvalue weighted by molar-refractivity contribution is -0.115. The molecule has 0 aliphatic carbocycles. The van der Waals surface area contributed by atoms with Gasteiger partial charge in [-0.15, -0.1) is 0 Å². The Kier molecular flexibility index (Phi) is 5.67. The zero-order chi connectivity index (χ0) is 21.1. The Morgan fingerprint density at radius 2 is 1.69 bits per heavy atom. The van der Waals surface area contributed by atoms with Gasteiger partial charge in [0.25, 0.3) is 5.91 Å². The van der Waals surface area contributed by atoms with Crippen molar-refractivity contribution in [3.05, 3.63) is 76.9 Å². The second-order valence-electron chi connectivity index (χ2n) is 6.34. The SMILES string of the molecule is Cc1cc(C)n(-c2ccc(C(=O)NCC(=O)Nc3ccc(F)c(F)c3F)cc2)n1. The molecule has 2 N–H and O–H groups in total. The lowest BCUT2D eigenvalue weighted by Crippen LogP contribution is -2.33. The van der Waals surface area contributed by atoms with Crippen LogP contribution in [-0.4, -0.2) is 28.1 Å². The highest BCUT2D eigenvalue weighted by atomic mass is 19.2. The van der Waals surface area contributed by atoms with Crippen LogP contribution in [0.1, 0.15) is 21.7 Å². The summed E-state index contributed by atoms with van der Waals surface area (Å²) in [6.07, 6.45) is 0. The van der Waals surface area contributed by atoms with E-state index in [1.54, 1.807) is 28.9 Å². The standard InChI is InChI=1S/C20H17F3N4O2/c1-11-9-12(2)27(26-11)14-5-3-13(4-6-14)20(29)24-10-17(28)25-16-8-7-15(21)18(22)19(16)23/h3-9H,10H2,1-2H3,(H,24,29)(H,25,28). The van der Waals surface area contributed by atoms with Gasteiger partial charge < -0.3 is 10.6 Å². The lowest BCUT2D eigenvalue weighted by Gasteiger charge is -2.09. The molecule has 0 radical (unpaired) electrons. The third kappa shape index (κ3) is 4.45. The first-order valence-corrected chi connectivity index (χ1v) is 8.61. The molecule has 0 saturated carbocycles. The fourth-order valence-corrected chi connectivity index (χ4v) is 2.72. The predicted octanol–water partition coefficient (Wildman–Crippen LogP) is 3.27. The van der Waals surface area contributed by atoms with Crippen LogP contribution in [0.25, 0.3) is 5.69 Å². The van der Waals surface area contributed by atoms with Crippen LogP contribution >= 0.6 is 0 Å². The van der Waals surface area contributed by atoms with E-state index in [9.17, 15) is 22.8 Å². The molecule has 150 valence electrons. The number of rotatable bonds is 5.